The minimum Gasteiger partial charge on any atom is -0.443 e. The zero-order chi connectivity index (χ0) is 18.4. The smallest absolute Gasteiger partial charge is 0.420 e. The first kappa shape index (κ1) is 19.5. The van der Waals surface area contributed by atoms with Gasteiger partial charge in [-0.2, -0.15) is 0 Å². The first-order valence-corrected chi connectivity index (χ1v) is 7.61. The lowest BCUT2D eigenvalue weighted by Gasteiger charge is -2.27. The third-order valence-electron chi connectivity index (χ3n) is 2.35. The van der Waals surface area contributed by atoms with E-state index < -0.39 is 23.4 Å². The Kier molecular flexibility index (Phi) is 6.35. The fraction of sp³-hybridized carbons (Fsp3) is 0.500. The molecule has 1 aromatic heterocycles. The normalized spacial score (nSPS) is 11.1. The molecule has 0 bridgehead atoms. The zero-order valence-corrected chi connectivity index (χ0v) is 15.0. The Labute approximate surface area is 143 Å². The Morgan fingerprint density at radius 2 is 1.58 bits per heavy atom. The third kappa shape index (κ3) is 7.63. The van der Waals surface area contributed by atoms with E-state index in [9.17, 15) is 9.59 Å². The van der Waals surface area contributed by atoms with Crippen molar-refractivity contribution in [3.05, 3.63) is 30.1 Å². The van der Waals surface area contributed by atoms with Crippen LogP contribution in [0.2, 0.25) is 0 Å². The van der Waals surface area contributed by atoms with Crippen LogP contribution in [0.5, 0.6) is 0 Å². The van der Waals surface area contributed by atoms with E-state index in [0.29, 0.717) is 5.69 Å². The maximum Gasteiger partial charge on any atom is 0.420 e. The molecule has 1 aromatic rings. The van der Waals surface area contributed by atoms with Crippen molar-refractivity contribution >= 4 is 12.2 Å². The number of nitrogens with zero attached hydrogens (tertiary/aromatic N) is 2. The Morgan fingerprint density at radius 3 is 2.00 bits per heavy atom. The van der Waals surface area contributed by atoms with Gasteiger partial charge in [0.2, 0.25) is 0 Å². The van der Waals surface area contributed by atoms with Crippen molar-refractivity contribution in [1.29, 1.82) is 0 Å². The molecule has 1 rings (SSSR count). The Morgan fingerprint density at radius 1 is 1.04 bits per heavy atom. The van der Waals surface area contributed by atoms with E-state index in [2.05, 4.69) is 16.8 Å². The largest absolute Gasteiger partial charge is 0.443 e. The molecule has 2 amide bonds. The standard InChI is InChI=1S/C18H24N2O4/c1-17(2,3)23-15(21)20(16(22)24-18(4,5)6)13-9-11-14-10-7-8-12-19-14/h7-8,10,12H,13H2,1-6H3. The summed E-state index contributed by atoms with van der Waals surface area (Å²) in [6, 6.07) is 5.31. The first-order chi connectivity index (χ1) is 11.0. The average Bonchev–Trinajstić information content (AvgIpc) is 2.40. The van der Waals surface area contributed by atoms with Crippen LogP contribution in [0.1, 0.15) is 47.2 Å². The molecule has 130 valence electrons. The van der Waals surface area contributed by atoms with Gasteiger partial charge in [-0.25, -0.2) is 19.5 Å². The summed E-state index contributed by atoms with van der Waals surface area (Å²) in [6.45, 7) is 10.2. The molecule has 0 unspecified atom stereocenters. The molecule has 0 aliphatic rings. The summed E-state index contributed by atoms with van der Waals surface area (Å²) in [7, 11) is 0. The van der Waals surface area contributed by atoms with Crippen LogP contribution < -0.4 is 0 Å². The predicted molar refractivity (Wildman–Crippen MR) is 90.3 cm³/mol. The summed E-state index contributed by atoms with van der Waals surface area (Å²) < 4.78 is 10.5. The lowest BCUT2D eigenvalue weighted by atomic mass is 10.2. The number of amides is 2. The molecule has 1 heterocycles. The van der Waals surface area contributed by atoms with E-state index in [4.69, 9.17) is 9.47 Å². The fourth-order valence-electron chi connectivity index (χ4n) is 1.48. The molecule has 0 radical (unpaired) electrons. The molecule has 0 fully saturated rings. The van der Waals surface area contributed by atoms with Crippen molar-refractivity contribution in [2.45, 2.75) is 52.7 Å². The molecule has 0 aliphatic carbocycles. The number of rotatable bonds is 1. The first-order valence-electron chi connectivity index (χ1n) is 7.61. The fourth-order valence-corrected chi connectivity index (χ4v) is 1.48. The monoisotopic (exact) mass is 332 g/mol. The number of ether oxygens (including phenoxy) is 2. The second kappa shape index (κ2) is 7.82. The molecule has 6 nitrogen and oxygen atoms in total. The summed E-state index contributed by atoms with van der Waals surface area (Å²) in [4.78, 5) is 29.4. The number of pyridine rings is 1. The summed E-state index contributed by atoms with van der Waals surface area (Å²) >= 11 is 0. The lowest BCUT2D eigenvalue weighted by molar-refractivity contribution is 0.00412. The molecular formula is C18H24N2O4. The minimum atomic E-state index is -0.799. The van der Waals surface area contributed by atoms with E-state index in [1.54, 1.807) is 65.9 Å². The summed E-state index contributed by atoms with van der Waals surface area (Å²) in [5.41, 5.74) is -0.914. The molecule has 0 saturated carbocycles. The van der Waals surface area contributed by atoms with Crippen molar-refractivity contribution in [2.24, 2.45) is 0 Å². The van der Waals surface area contributed by atoms with Crippen LogP contribution in [0.3, 0.4) is 0 Å². The van der Waals surface area contributed by atoms with E-state index in [1.165, 1.54) is 0 Å². The van der Waals surface area contributed by atoms with E-state index in [1.807, 2.05) is 0 Å². The van der Waals surface area contributed by atoms with Gasteiger partial charge >= 0.3 is 12.2 Å². The Bertz CT molecular complexity index is 603. The van der Waals surface area contributed by atoms with Gasteiger partial charge in [0.15, 0.2) is 0 Å². The number of imide groups is 1. The Hall–Kier alpha value is -2.55. The highest BCUT2D eigenvalue weighted by atomic mass is 16.6. The van der Waals surface area contributed by atoms with E-state index in [-0.39, 0.29) is 6.54 Å². The van der Waals surface area contributed by atoms with Crippen molar-refractivity contribution in [1.82, 2.24) is 9.88 Å². The molecule has 0 N–H and O–H groups in total. The zero-order valence-electron chi connectivity index (χ0n) is 15.0. The van der Waals surface area contributed by atoms with Gasteiger partial charge in [0.25, 0.3) is 0 Å². The average molecular weight is 332 g/mol. The third-order valence-corrected chi connectivity index (χ3v) is 2.35. The van der Waals surface area contributed by atoms with E-state index >= 15 is 0 Å². The summed E-state index contributed by atoms with van der Waals surface area (Å²) in [6.07, 6.45) is 0.0166. The number of hydrogen-bond acceptors (Lipinski definition) is 5. The molecule has 24 heavy (non-hydrogen) atoms. The van der Waals surface area contributed by atoms with E-state index in [0.717, 1.165) is 4.90 Å². The molecule has 0 atom stereocenters. The maximum atomic E-state index is 12.2. The highest BCUT2D eigenvalue weighted by Gasteiger charge is 2.30. The number of hydrogen-bond donors (Lipinski definition) is 0. The van der Waals surface area contributed by atoms with Crippen molar-refractivity contribution in [2.75, 3.05) is 6.54 Å². The van der Waals surface area contributed by atoms with Crippen molar-refractivity contribution in [3.63, 3.8) is 0 Å². The minimum absolute atomic E-state index is 0.152. The number of carbonyl (C=O) groups excluding carboxylic acids is 2. The van der Waals surface area contributed by atoms with Crippen molar-refractivity contribution < 1.29 is 19.1 Å². The Balaban J connectivity index is 2.90. The van der Waals surface area contributed by atoms with Gasteiger partial charge < -0.3 is 9.47 Å². The van der Waals surface area contributed by atoms with Gasteiger partial charge in [0.05, 0.1) is 6.54 Å². The lowest BCUT2D eigenvalue weighted by Crippen LogP contribution is -2.43. The van der Waals surface area contributed by atoms with Gasteiger partial charge in [-0.05, 0) is 59.6 Å². The summed E-state index contributed by atoms with van der Waals surface area (Å²) in [5, 5.41) is 0. The van der Waals surface area contributed by atoms with Crippen LogP contribution in [0.25, 0.3) is 0 Å². The van der Waals surface area contributed by atoms with Crippen LogP contribution >= 0.6 is 0 Å². The predicted octanol–water partition coefficient (Wildman–Crippen LogP) is 3.61. The second-order valence-corrected chi connectivity index (χ2v) is 7.06. The van der Waals surface area contributed by atoms with Crippen LogP contribution in [-0.2, 0) is 9.47 Å². The second-order valence-electron chi connectivity index (χ2n) is 7.06. The molecule has 0 aromatic carbocycles. The van der Waals surface area contributed by atoms with Crippen molar-refractivity contribution in [3.8, 4) is 11.8 Å². The van der Waals surface area contributed by atoms with Crippen LogP contribution in [0.4, 0.5) is 9.59 Å². The molecule has 0 spiro atoms. The highest BCUT2D eigenvalue weighted by Crippen LogP contribution is 2.14. The van der Waals surface area contributed by atoms with Crippen LogP contribution in [0, 0.1) is 11.8 Å². The molecule has 6 heteroatoms. The topological polar surface area (TPSA) is 68.7 Å². The molecule has 0 aliphatic heterocycles. The quantitative estimate of drug-likeness (QED) is 0.735. The summed E-state index contributed by atoms with van der Waals surface area (Å²) in [5.74, 6) is 5.54. The van der Waals surface area contributed by atoms with Gasteiger partial charge in [-0.1, -0.05) is 12.0 Å². The highest BCUT2D eigenvalue weighted by molar-refractivity contribution is 5.88. The number of carbonyl (C=O) groups is 2. The molecule has 0 saturated heterocycles. The van der Waals surface area contributed by atoms with Gasteiger partial charge in [-0.15, -0.1) is 0 Å². The van der Waals surface area contributed by atoms with Gasteiger partial charge in [0.1, 0.15) is 16.9 Å². The van der Waals surface area contributed by atoms with Crippen LogP contribution in [-0.4, -0.2) is 39.8 Å². The van der Waals surface area contributed by atoms with Gasteiger partial charge in [0, 0.05) is 6.20 Å². The van der Waals surface area contributed by atoms with Gasteiger partial charge in [-0.3, -0.25) is 0 Å². The maximum absolute atomic E-state index is 12.2. The van der Waals surface area contributed by atoms with Crippen LogP contribution in [0.15, 0.2) is 24.4 Å². The SMILES string of the molecule is CC(C)(C)OC(=O)N(CC#Cc1ccccn1)C(=O)OC(C)(C)C. The molecular weight excluding hydrogens is 308 g/mol. The number of aromatic nitrogens is 1.